The van der Waals surface area contributed by atoms with Gasteiger partial charge in [-0.2, -0.15) is 8.42 Å². The summed E-state index contributed by atoms with van der Waals surface area (Å²) in [5.74, 6) is -0.103. The van der Waals surface area contributed by atoms with E-state index in [0.29, 0.717) is 6.54 Å². The van der Waals surface area contributed by atoms with Gasteiger partial charge in [0.1, 0.15) is 5.75 Å². The molecule has 0 aliphatic carbocycles. The van der Waals surface area contributed by atoms with E-state index in [2.05, 4.69) is 4.99 Å². The van der Waals surface area contributed by atoms with Gasteiger partial charge in [0.15, 0.2) is 0 Å². The molecule has 25 heavy (non-hydrogen) atoms. The highest BCUT2D eigenvalue weighted by atomic mass is 32.2. The molecule has 2 aromatic carbocycles. The number of rotatable bonds is 7. The fraction of sp³-hybridized carbons (Fsp3) is 0.278. The fourth-order valence-electron chi connectivity index (χ4n) is 2.38. The molecule has 2 aromatic rings. The van der Waals surface area contributed by atoms with E-state index in [-0.39, 0.29) is 18.0 Å². The van der Waals surface area contributed by atoms with Crippen molar-refractivity contribution in [2.24, 2.45) is 4.99 Å². The van der Waals surface area contributed by atoms with E-state index in [9.17, 15) is 13.5 Å². The first kappa shape index (κ1) is 19.0. The van der Waals surface area contributed by atoms with Crippen molar-refractivity contribution in [1.82, 2.24) is 0 Å². The molecule has 0 amide bonds. The highest BCUT2D eigenvalue weighted by Crippen LogP contribution is 2.20. The molecule has 0 spiro atoms. The molecule has 134 valence electrons. The molecule has 0 fully saturated rings. The predicted molar refractivity (Wildman–Crippen MR) is 101 cm³/mol. The largest absolute Gasteiger partial charge is 0.508 e. The van der Waals surface area contributed by atoms with Gasteiger partial charge in [0.2, 0.25) is 0 Å². The van der Waals surface area contributed by atoms with E-state index < -0.39 is 10.1 Å². The number of hydrogen-bond acceptors (Lipinski definition) is 5. The van der Waals surface area contributed by atoms with Crippen LogP contribution < -0.4 is 4.90 Å². The maximum atomic E-state index is 10.9. The van der Waals surface area contributed by atoms with Gasteiger partial charge in [0, 0.05) is 25.0 Å². The van der Waals surface area contributed by atoms with Gasteiger partial charge in [-0.15, -0.1) is 0 Å². The van der Waals surface area contributed by atoms with Crippen LogP contribution in [0.25, 0.3) is 0 Å². The molecular weight excluding hydrogens is 340 g/mol. The predicted octanol–water partition coefficient (Wildman–Crippen LogP) is 3.17. The molecule has 7 heteroatoms. The third-order valence-corrected chi connectivity index (χ3v) is 4.52. The Bertz CT molecular complexity index is 846. The standard InChI is InChI=1S/C18H22N2O4S/c1-3-20(10-11-25(22,23)24)17-7-4-15(14(2)12-17)13-19-16-5-8-18(21)9-6-16/h4-9,12-13,21H,3,10-11H2,1-2H3,(H,22,23,24). The summed E-state index contributed by atoms with van der Waals surface area (Å²) in [6.45, 7) is 4.75. The van der Waals surface area contributed by atoms with Crippen LogP contribution in [-0.4, -0.2) is 43.1 Å². The maximum Gasteiger partial charge on any atom is 0.266 e. The van der Waals surface area contributed by atoms with Crippen molar-refractivity contribution in [3.63, 3.8) is 0 Å². The second kappa shape index (κ2) is 8.13. The highest BCUT2D eigenvalue weighted by Gasteiger charge is 2.11. The Morgan fingerprint density at radius 2 is 1.84 bits per heavy atom. The maximum absolute atomic E-state index is 10.9. The molecule has 2 N–H and O–H groups in total. The minimum Gasteiger partial charge on any atom is -0.508 e. The Morgan fingerprint density at radius 1 is 1.16 bits per heavy atom. The molecular formula is C18H22N2O4S. The van der Waals surface area contributed by atoms with E-state index in [1.54, 1.807) is 30.5 Å². The molecule has 0 saturated carbocycles. The van der Waals surface area contributed by atoms with Gasteiger partial charge >= 0.3 is 0 Å². The van der Waals surface area contributed by atoms with Crippen LogP contribution >= 0.6 is 0 Å². The number of aryl methyl sites for hydroxylation is 1. The Kier molecular flexibility index (Phi) is 6.17. The third-order valence-electron chi connectivity index (χ3n) is 3.82. The molecule has 0 saturated heterocycles. The van der Waals surface area contributed by atoms with E-state index in [0.717, 1.165) is 22.5 Å². The lowest BCUT2D eigenvalue weighted by Gasteiger charge is -2.23. The summed E-state index contributed by atoms with van der Waals surface area (Å²) < 4.78 is 30.8. The number of benzene rings is 2. The Labute approximate surface area is 148 Å². The first-order valence-electron chi connectivity index (χ1n) is 7.92. The van der Waals surface area contributed by atoms with Crippen LogP contribution in [0.3, 0.4) is 0 Å². The van der Waals surface area contributed by atoms with Crippen molar-refractivity contribution < 1.29 is 18.1 Å². The molecule has 0 aromatic heterocycles. The van der Waals surface area contributed by atoms with E-state index in [4.69, 9.17) is 4.55 Å². The van der Waals surface area contributed by atoms with Gasteiger partial charge in [0.25, 0.3) is 10.1 Å². The molecule has 0 aliphatic heterocycles. The third kappa shape index (κ3) is 5.88. The number of aliphatic imine (C=N–C) groups is 1. The van der Waals surface area contributed by atoms with Crippen molar-refractivity contribution in [3.8, 4) is 5.75 Å². The minimum atomic E-state index is -3.98. The Balaban J connectivity index is 2.14. The molecule has 0 unspecified atom stereocenters. The normalized spacial score (nSPS) is 11.8. The van der Waals surface area contributed by atoms with Crippen molar-refractivity contribution in [2.75, 3.05) is 23.7 Å². The summed E-state index contributed by atoms with van der Waals surface area (Å²) >= 11 is 0. The van der Waals surface area contributed by atoms with E-state index in [1.165, 1.54) is 0 Å². The Morgan fingerprint density at radius 3 is 2.40 bits per heavy atom. The summed E-state index contributed by atoms with van der Waals surface area (Å²) in [6.07, 6.45) is 1.75. The molecule has 0 radical (unpaired) electrons. The first-order valence-corrected chi connectivity index (χ1v) is 9.53. The monoisotopic (exact) mass is 362 g/mol. The zero-order valence-electron chi connectivity index (χ0n) is 14.3. The van der Waals surface area contributed by atoms with Crippen LogP contribution in [0.15, 0.2) is 47.5 Å². The fourth-order valence-corrected chi connectivity index (χ4v) is 2.83. The summed E-state index contributed by atoms with van der Waals surface area (Å²) in [6, 6.07) is 12.4. The average molecular weight is 362 g/mol. The van der Waals surface area contributed by atoms with Crippen molar-refractivity contribution in [2.45, 2.75) is 13.8 Å². The van der Waals surface area contributed by atoms with E-state index in [1.807, 2.05) is 36.9 Å². The van der Waals surface area contributed by atoms with Crippen molar-refractivity contribution >= 4 is 27.7 Å². The van der Waals surface area contributed by atoms with Gasteiger partial charge in [-0.1, -0.05) is 6.07 Å². The summed E-state index contributed by atoms with van der Waals surface area (Å²) in [5.41, 5.74) is 3.59. The summed E-state index contributed by atoms with van der Waals surface area (Å²) in [7, 11) is -3.98. The number of hydrogen-bond donors (Lipinski definition) is 2. The SMILES string of the molecule is CCN(CCS(=O)(=O)O)c1ccc(C=Nc2ccc(O)cc2)c(C)c1. The molecule has 2 rings (SSSR count). The lowest BCUT2D eigenvalue weighted by atomic mass is 10.1. The topological polar surface area (TPSA) is 90.2 Å². The second-order valence-corrected chi connectivity index (χ2v) is 7.25. The van der Waals surface area contributed by atoms with Gasteiger partial charge < -0.3 is 10.0 Å². The number of phenolic OH excluding ortho intramolecular Hbond substituents is 1. The van der Waals surface area contributed by atoms with Gasteiger partial charge in [-0.3, -0.25) is 9.55 Å². The number of phenols is 1. The summed E-state index contributed by atoms with van der Waals surface area (Å²) in [4.78, 5) is 6.27. The van der Waals surface area contributed by atoms with Gasteiger partial charge in [-0.25, -0.2) is 0 Å². The van der Waals surface area contributed by atoms with Crippen LogP contribution in [0.5, 0.6) is 5.75 Å². The second-order valence-electron chi connectivity index (χ2n) is 5.68. The van der Waals surface area contributed by atoms with Crippen LogP contribution in [0, 0.1) is 6.92 Å². The van der Waals surface area contributed by atoms with Crippen LogP contribution in [0.2, 0.25) is 0 Å². The minimum absolute atomic E-state index is 0.198. The first-order chi connectivity index (χ1) is 11.8. The molecule has 0 atom stereocenters. The summed E-state index contributed by atoms with van der Waals surface area (Å²) in [5, 5.41) is 9.28. The number of anilines is 1. The molecule has 6 nitrogen and oxygen atoms in total. The van der Waals surface area contributed by atoms with Crippen LogP contribution in [0.1, 0.15) is 18.1 Å². The Hall–Kier alpha value is -2.38. The number of nitrogens with zero attached hydrogens (tertiary/aromatic N) is 2. The quantitative estimate of drug-likeness (QED) is 0.583. The zero-order valence-corrected chi connectivity index (χ0v) is 15.1. The molecule has 0 heterocycles. The smallest absolute Gasteiger partial charge is 0.266 e. The van der Waals surface area contributed by atoms with Crippen molar-refractivity contribution in [1.29, 1.82) is 0 Å². The van der Waals surface area contributed by atoms with Gasteiger partial charge in [0.05, 0.1) is 11.4 Å². The van der Waals surface area contributed by atoms with Gasteiger partial charge in [-0.05, 0) is 61.4 Å². The molecule has 0 aliphatic rings. The lowest BCUT2D eigenvalue weighted by molar-refractivity contribution is 0.475. The van der Waals surface area contributed by atoms with E-state index >= 15 is 0 Å². The average Bonchev–Trinajstić information content (AvgIpc) is 2.55. The molecule has 0 bridgehead atoms. The number of aromatic hydroxyl groups is 1. The van der Waals surface area contributed by atoms with Crippen LogP contribution in [-0.2, 0) is 10.1 Å². The highest BCUT2D eigenvalue weighted by molar-refractivity contribution is 7.85. The zero-order chi connectivity index (χ0) is 18.4. The van der Waals surface area contributed by atoms with Crippen LogP contribution in [0.4, 0.5) is 11.4 Å². The lowest BCUT2D eigenvalue weighted by Crippen LogP contribution is -2.29. The van der Waals surface area contributed by atoms with Crippen molar-refractivity contribution in [3.05, 3.63) is 53.6 Å².